The molecule has 0 aromatic heterocycles. The predicted octanol–water partition coefficient (Wildman–Crippen LogP) is 4.15. The van der Waals surface area contributed by atoms with E-state index in [1.54, 1.807) is 17.0 Å². The molecule has 0 N–H and O–H groups in total. The Labute approximate surface area is 121 Å². The second-order valence-electron chi connectivity index (χ2n) is 4.55. The lowest BCUT2D eigenvalue weighted by Gasteiger charge is -2.16. The molecule has 0 fully saturated rings. The molecule has 96 valence electrons. The van der Waals surface area contributed by atoms with E-state index in [-0.39, 0.29) is 5.91 Å². The minimum atomic E-state index is 0.0571. The molecule has 2 aromatic rings. The van der Waals surface area contributed by atoms with Crippen LogP contribution >= 0.6 is 23.2 Å². The first-order valence-electron chi connectivity index (χ1n) is 5.96. The van der Waals surface area contributed by atoms with Crippen molar-refractivity contribution in [3.8, 4) is 0 Å². The van der Waals surface area contributed by atoms with Crippen molar-refractivity contribution in [2.45, 2.75) is 13.1 Å². The third kappa shape index (κ3) is 2.34. The van der Waals surface area contributed by atoms with Crippen LogP contribution in [0.15, 0.2) is 42.5 Å². The smallest absolute Gasteiger partial charge is 0.254 e. The maximum Gasteiger partial charge on any atom is 0.254 e. The minimum Gasteiger partial charge on any atom is -0.330 e. The summed E-state index contributed by atoms with van der Waals surface area (Å²) in [6.45, 7) is 1.14. The summed E-state index contributed by atoms with van der Waals surface area (Å²) in [6, 6.07) is 13.0. The molecule has 1 heterocycles. The molecular formula is C15H11Cl2NO. The second-order valence-corrected chi connectivity index (χ2v) is 5.40. The molecule has 0 bridgehead atoms. The van der Waals surface area contributed by atoms with E-state index in [2.05, 4.69) is 0 Å². The fraction of sp³-hybridized carbons (Fsp3) is 0.133. The highest BCUT2D eigenvalue weighted by Gasteiger charge is 2.26. The maximum absolute atomic E-state index is 12.2. The van der Waals surface area contributed by atoms with Gasteiger partial charge in [-0.3, -0.25) is 4.79 Å². The number of hydrogen-bond donors (Lipinski definition) is 0. The topological polar surface area (TPSA) is 20.3 Å². The molecule has 0 atom stereocenters. The molecule has 3 rings (SSSR count). The van der Waals surface area contributed by atoms with Crippen LogP contribution in [0.4, 0.5) is 0 Å². The van der Waals surface area contributed by atoms with Gasteiger partial charge in [-0.1, -0.05) is 47.5 Å². The first kappa shape index (κ1) is 12.5. The van der Waals surface area contributed by atoms with E-state index in [4.69, 9.17) is 23.2 Å². The van der Waals surface area contributed by atoms with Gasteiger partial charge in [-0.25, -0.2) is 0 Å². The highest BCUT2D eigenvalue weighted by molar-refractivity contribution is 6.35. The van der Waals surface area contributed by atoms with Crippen LogP contribution in [0, 0.1) is 0 Å². The van der Waals surface area contributed by atoms with Crippen LogP contribution in [0.3, 0.4) is 0 Å². The van der Waals surface area contributed by atoms with Crippen molar-refractivity contribution in [1.82, 2.24) is 4.90 Å². The van der Waals surface area contributed by atoms with Gasteiger partial charge in [0.05, 0.1) is 0 Å². The van der Waals surface area contributed by atoms with Crippen molar-refractivity contribution in [2.75, 3.05) is 0 Å². The molecule has 19 heavy (non-hydrogen) atoms. The summed E-state index contributed by atoms with van der Waals surface area (Å²) < 4.78 is 0. The zero-order valence-corrected chi connectivity index (χ0v) is 11.6. The van der Waals surface area contributed by atoms with Gasteiger partial charge < -0.3 is 4.90 Å². The number of amides is 1. The van der Waals surface area contributed by atoms with Crippen molar-refractivity contribution in [1.29, 1.82) is 0 Å². The predicted molar refractivity (Wildman–Crippen MR) is 76.5 cm³/mol. The Morgan fingerprint density at radius 1 is 1.11 bits per heavy atom. The number of carbonyl (C=O) groups excluding carboxylic acids is 1. The Morgan fingerprint density at radius 2 is 1.89 bits per heavy atom. The minimum absolute atomic E-state index is 0.0571. The van der Waals surface area contributed by atoms with E-state index in [0.717, 1.165) is 16.7 Å². The van der Waals surface area contributed by atoms with Gasteiger partial charge in [-0.05, 0) is 29.3 Å². The molecule has 0 radical (unpaired) electrons. The molecule has 1 aliphatic rings. The van der Waals surface area contributed by atoms with Crippen molar-refractivity contribution in [3.63, 3.8) is 0 Å². The lowest BCUT2D eigenvalue weighted by molar-refractivity contribution is 0.0767. The second kappa shape index (κ2) is 4.87. The van der Waals surface area contributed by atoms with E-state index in [9.17, 15) is 4.79 Å². The van der Waals surface area contributed by atoms with Gasteiger partial charge in [0, 0.05) is 28.7 Å². The monoisotopic (exact) mass is 291 g/mol. The van der Waals surface area contributed by atoms with E-state index < -0.39 is 0 Å². The van der Waals surface area contributed by atoms with Crippen molar-refractivity contribution in [2.24, 2.45) is 0 Å². The zero-order chi connectivity index (χ0) is 13.4. The number of hydrogen-bond acceptors (Lipinski definition) is 1. The average molecular weight is 292 g/mol. The molecule has 2 nitrogen and oxygen atoms in total. The number of benzene rings is 2. The largest absolute Gasteiger partial charge is 0.330 e. The quantitative estimate of drug-likeness (QED) is 0.814. The number of rotatable bonds is 2. The molecule has 0 spiro atoms. The van der Waals surface area contributed by atoms with Gasteiger partial charge in [0.2, 0.25) is 0 Å². The van der Waals surface area contributed by atoms with Crippen LogP contribution in [0.1, 0.15) is 21.5 Å². The lowest BCUT2D eigenvalue weighted by atomic mass is 10.1. The van der Waals surface area contributed by atoms with Crippen LogP contribution in [0.2, 0.25) is 10.0 Å². The van der Waals surface area contributed by atoms with Crippen LogP contribution in [-0.2, 0) is 13.1 Å². The van der Waals surface area contributed by atoms with Crippen molar-refractivity contribution in [3.05, 3.63) is 69.2 Å². The molecular weight excluding hydrogens is 281 g/mol. The lowest BCUT2D eigenvalue weighted by Crippen LogP contribution is -2.23. The standard InChI is InChI=1S/C15H11Cl2NO/c16-12-6-5-11(14(17)7-12)9-18-8-10-3-1-2-4-13(10)15(18)19/h1-7H,8-9H2. The molecule has 1 amide bonds. The zero-order valence-electron chi connectivity index (χ0n) is 10.1. The molecule has 2 aromatic carbocycles. The summed E-state index contributed by atoms with van der Waals surface area (Å²) in [5.41, 5.74) is 2.76. The number of fused-ring (bicyclic) bond motifs is 1. The summed E-state index contributed by atoms with van der Waals surface area (Å²) in [5, 5.41) is 1.20. The highest BCUT2D eigenvalue weighted by Crippen LogP contribution is 2.27. The van der Waals surface area contributed by atoms with Crippen molar-refractivity contribution < 1.29 is 4.79 Å². The fourth-order valence-corrected chi connectivity index (χ4v) is 2.77. The van der Waals surface area contributed by atoms with Gasteiger partial charge >= 0.3 is 0 Å². The Bertz CT molecular complexity index is 654. The van der Waals surface area contributed by atoms with Crippen LogP contribution < -0.4 is 0 Å². The Hall–Kier alpha value is -1.51. The summed E-state index contributed by atoms with van der Waals surface area (Å²) in [7, 11) is 0. The third-order valence-electron chi connectivity index (χ3n) is 3.27. The van der Waals surface area contributed by atoms with Crippen molar-refractivity contribution >= 4 is 29.1 Å². The summed E-state index contributed by atoms with van der Waals surface area (Å²) >= 11 is 12.0. The van der Waals surface area contributed by atoms with Crippen LogP contribution in [0.5, 0.6) is 0 Å². The molecule has 4 heteroatoms. The third-order valence-corrected chi connectivity index (χ3v) is 3.86. The molecule has 1 aliphatic heterocycles. The van der Waals surface area contributed by atoms with Gasteiger partial charge in [0.25, 0.3) is 5.91 Å². The van der Waals surface area contributed by atoms with Gasteiger partial charge in [0.15, 0.2) is 0 Å². The fourth-order valence-electron chi connectivity index (χ4n) is 2.30. The van der Waals surface area contributed by atoms with Gasteiger partial charge in [-0.2, -0.15) is 0 Å². The van der Waals surface area contributed by atoms with E-state index in [1.807, 2.05) is 30.3 Å². The van der Waals surface area contributed by atoms with E-state index in [0.29, 0.717) is 23.1 Å². The molecule has 0 saturated heterocycles. The summed E-state index contributed by atoms with van der Waals surface area (Å²) in [4.78, 5) is 14.0. The summed E-state index contributed by atoms with van der Waals surface area (Å²) in [5.74, 6) is 0.0571. The summed E-state index contributed by atoms with van der Waals surface area (Å²) in [6.07, 6.45) is 0. The number of nitrogens with zero attached hydrogens (tertiary/aromatic N) is 1. The van der Waals surface area contributed by atoms with E-state index in [1.165, 1.54) is 0 Å². The Morgan fingerprint density at radius 3 is 2.63 bits per heavy atom. The maximum atomic E-state index is 12.2. The average Bonchev–Trinajstić information content (AvgIpc) is 2.70. The number of carbonyl (C=O) groups is 1. The SMILES string of the molecule is O=C1c2ccccc2CN1Cc1ccc(Cl)cc1Cl. The first-order chi connectivity index (χ1) is 9.15. The molecule has 0 saturated carbocycles. The van der Waals surface area contributed by atoms with Gasteiger partial charge in [0.1, 0.15) is 0 Å². The van der Waals surface area contributed by atoms with E-state index >= 15 is 0 Å². The highest BCUT2D eigenvalue weighted by atomic mass is 35.5. The van der Waals surface area contributed by atoms with Crippen LogP contribution in [-0.4, -0.2) is 10.8 Å². The Kier molecular flexibility index (Phi) is 3.21. The van der Waals surface area contributed by atoms with Gasteiger partial charge in [-0.15, -0.1) is 0 Å². The Balaban J connectivity index is 1.85. The normalized spacial score (nSPS) is 13.8. The van der Waals surface area contributed by atoms with Crippen LogP contribution in [0.25, 0.3) is 0 Å². The molecule has 0 unspecified atom stereocenters. The first-order valence-corrected chi connectivity index (χ1v) is 6.72. The molecule has 0 aliphatic carbocycles. The number of halogens is 2.